The Morgan fingerprint density at radius 1 is 1.39 bits per heavy atom. The van der Waals surface area contributed by atoms with Crippen molar-refractivity contribution in [3.63, 3.8) is 0 Å². The van der Waals surface area contributed by atoms with E-state index in [0.29, 0.717) is 12.6 Å². The number of aromatic nitrogens is 1. The molecule has 1 aliphatic rings. The fraction of sp³-hybridized carbons (Fsp3) is 0.647. The highest BCUT2D eigenvalue weighted by Crippen LogP contribution is 2.17. The molecule has 130 valence electrons. The number of guanidine groups is 1. The van der Waals surface area contributed by atoms with Gasteiger partial charge in [-0.05, 0) is 37.4 Å². The first-order valence-electron chi connectivity index (χ1n) is 8.27. The van der Waals surface area contributed by atoms with E-state index in [-0.39, 0.29) is 24.0 Å². The topological polar surface area (TPSA) is 52.6 Å². The van der Waals surface area contributed by atoms with Crippen molar-refractivity contribution in [3.8, 4) is 0 Å². The van der Waals surface area contributed by atoms with Gasteiger partial charge in [0.15, 0.2) is 5.96 Å². The fourth-order valence-electron chi connectivity index (χ4n) is 2.95. The van der Waals surface area contributed by atoms with Crippen LogP contribution in [0.4, 0.5) is 0 Å². The summed E-state index contributed by atoms with van der Waals surface area (Å²) in [5.41, 5.74) is 1.02. The van der Waals surface area contributed by atoms with Gasteiger partial charge in [-0.3, -0.25) is 14.9 Å². The molecule has 1 fully saturated rings. The summed E-state index contributed by atoms with van der Waals surface area (Å²) in [6, 6.07) is 6.57. The second kappa shape index (κ2) is 10.8. The zero-order chi connectivity index (χ0) is 15.8. The Hall–Kier alpha value is -0.890. The molecular formula is C17H30IN5. The molecular weight excluding hydrogens is 401 g/mol. The molecule has 1 saturated heterocycles. The van der Waals surface area contributed by atoms with Crippen molar-refractivity contribution in [2.75, 3.05) is 26.7 Å². The Bertz CT molecular complexity index is 463. The third-order valence-corrected chi connectivity index (χ3v) is 3.99. The van der Waals surface area contributed by atoms with Crippen molar-refractivity contribution in [3.05, 3.63) is 30.1 Å². The number of nitrogens with one attached hydrogen (secondary N) is 2. The quantitative estimate of drug-likeness (QED) is 0.413. The highest BCUT2D eigenvalue weighted by Gasteiger charge is 2.24. The number of aliphatic imine (C=N–C) groups is 1. The number of likely N-dealkylation sites (tertiary alicyclic amines) is 1. The molecule has 0 unspecified atom stereocenters. The predicted molar refractivity (Wildman–Crippen MR) is 107 cm³/mol. The maximum Gasteiger partial charge on any atom is 0.191 e. The van der Waals surface area contributed by atoms with E-state index in [1.54, 1.807) is 0 Å². The molecule has 1 aromatic rings. The van der Waals surface area contributed by atoms with Crippen LogP contribution < -0.4 is 10.6 Å². The van der Waals surface area contributed by atoms with Gasteiger partial charge in [0.05, 0.1) is 12.2 Å². The van der Waals surface area contributed by atoms with Crippen LogP contribution in [-0.2, 0) is 6.54 Å². The molecule has 0 bridgehead atoms. The van der Waals surface area contributed by atoms with Gasteiger partial charge >= 0.3 is 0 Å². The molecule has 0 spiro atoms. The number of pyridine rings is 1. The van der Waals surface area contributed by atoms with Gasteiger partial charge in [0, 0.05) is 32.4 Å². The summed E-state index contributed by atoms with van der Waals surface area (Å²) in [5.74, 6) is 1.57. The summed E-state index contributed by atoms with van der Waals surface area (Å²) < 4.78 is 0. The van der Waals surface area contributed by atoms with Crippen molar-refractivity contribution >= 4 is 29.9 Å². The maximum absolute atomic E-state index is 4.31. The van der Waals surface area contributed by atoms with E-state index >= 15 is 0 Å². The zero-order valence-corrected chi connectivity index (χ0v) is 16.8. The predicted octanol–water partition coefficient (Wildman–Crippen LogP) is 2.49. The molecule has 2 heterocycles. The van der Waals surface area contributed by atoms with Crippen molar-refractivity contribution < 1.29 is 0 Å². The van der Waals surface area contributed by atoms with Crippen LogP contribution in [-0.4, -0.2) is 48.6 Å². The molecule has 0 saturated carbocycles. The average molecular weight is 431 g/mol. The summed E-state index contributed by atoms with van der Waals surface area (Å²) in [4.78, 5) is 11.2. The number of halogens is 1. The Balaban J connectivity index is 0.00000264. The third kappa shape index (κ3) is 7.03. The Morgan fingerprint density at radius 2 is 2.22 bits per heavy atom. The molecule has 2 rings (SSSR count). The summed E-state index contributed by atoms with van der Waals surface area (Å²) in [6.45, 7) is 8.64. The lowest BCUT2D eigenvalue weighted by molar-refractivity contribution is 0.226. The molecule has 5 nitrogen and oxygen atoms in total. The lowest BCUT2D eigenvalue weighted by Gasteiger charge is -2.27. The molecule has 23 heavy (non-hydrogen) atoms. The Morgan fingerprint density at radius 3 is 2.87 bits per heavy atom. The van der Waals surface area contributed by atoms with Gasteiger partial charge in [-0.15, -0.1) is 24.0 Å². The van der Waals surface area contributed by atoms with Crippen LogP contribution in [0.15, 0.2) is 29.4 Å². The zero-order valence-electron chi connectivity index (χ0n) is 14.5. The highest BCUT2D eigenvalue weighted by atomic mass is 127. The van der Waals surface area contributed by atoms with Crippen molar-refractivity contribution in [2.24, 2.45) is 10.9 Å². The van der Waals surface area contributed by atoms with Gasteiger partial charge in [-0.1, -0.05) is 19.9 Å². The first-order valence-corrected chi connectivity index (χ1v) is 8.27. The molecule has 2 N–H and O–H groups in total. The Labute approximate surface area is 157 Å². The monoisotopic (exact) mass is 431 g/mol. The van der Waals surface area contributed by atoms with Crippen molar-refractivity contribution in [2.45, 2.75) is 39.3 Å². The SMILES string of the molecule is CN=C(NCc1ccccn1)NC[C@H]1CCCN1CC(C)C.I. The van der Waals surface area contributed by atoms with Gasteiger partial charge in [0.25, 0.3) is 0 Å². The first kappa shape index (κ1) is 20.2. The van der Waals surface area contributed by atoms with E-state index in [9.17, 15) is 0 Å². The molecule has 1 aliphatic heterocycles. The van der Waals surface area contributed by atoms with Gasteiger partial charge in [-0.2, -0.15) is 0 Å². The summed E-state index contributed by atoms with van der Waals surface area (Å²) in [5, 5.41) is 6.78. The van der Waals surface area contributed by atoms with E-state index in [1.165, 1.54) is 25.9 Å². The number of hydrogen-bond donors (Lipinski definition) is 2. The van der Waals surface area contributed by atoms with Crippen LogP contribution >= 0.6 is 24.0 Å². The third-order valence-electron chi connectivity index (χ3n) is 3.99. The number of rotatable bonds is 6. The molecule has 1 aromatic heterocycles. The maximum atomic E-state index is 4.31. The van der Waals surface area contributed by atoms with Crippen molar-refractivity contribution in [1.82, 2.24) is 20.5 Å². The smallest absolute Gasteiger partial charge is 0.191 e. The standard InChI is InChI=1S/C17H29N5.HI/c1-14(2)13-22-10-6-8-16(22)12-21-17(18-3)20-11-15-7-4-5-9-19-15;/h4-5,7,9,14,16H,6,8,10-13H2,1-3H3,(H2,18,20,21);1H/t16-;/m1./s1. The fourth-order valence-corrected chi connectivity index (χ4v) is 2.95. The number of nitrogens with zero attached hydrogens (tertiary/aromatic N) is 3. The largest absolute Gasteiger partial charge is 0.355 e. The summed E-state index contributed by atoms with van der Waals surface area (Å²) >= 11 is 0. The van der Waals surface area contributed by atoms with Crippen LogP contribution in [0, 0.1) is 5.92 Å². The van der Waals surface area contributed by atoms with E-state index in [1.807, 2.05) is 31.4 Å². The second-order valence-corrected chi connectivity index (χ2v) is 6.31. The van der Waals surface area contributed by atoms with Gasteiger partial charge in [0.1, 0.15) is 0 Å². The van der Waals surface area contributed by atoms with E-state index in [2.05, 4.69) is 39.4 Å². The van der Waals surface area contributed by atoms with Crippen LogP contribution in [0.2, 0.25) is 0 Å². The van der Waals surface area contributed by atoms with Crippen LogP contribution in [0.5, 0.6) is 0 Å². The van der Waals surface area contributed by atoms with Crippen LogP contribution in [0.1, 0.15) is 32.4 Å². The van der Waals surface area contributed by atoms with Gasteiger partial charge < -0.3 is 10.6 Å². The van der Waals surface area contributed by atoms with Crippen LogP contribution in [0.25, 0.3) is 0 Å². The van der Waals surface area contributed by atoms with E-state index < -0.39 is 0 Å². The van der Waals surface area contributed by atoms with E-state index in [4.69, 9.17) is 0 Å². The minimum Gasteiger partial charge on any atom is -0.355 e. The normalized spacial score (nSPS) is 18.8. The lowest BCUT2D eigenvalue weighted by Crippen LogP contribution is -2.45. The molecule has 0 aromatic carbocycles. The van der Waals surface area contributed by atoms with Gasteiger partial charge in [-0.25, -0.2) is 0 Å². The molecule has 6 heteroatoms. The minimum absolute atomic E-state index is 0. The first-order chi connectivity index (χ1) is 10.7. The average Bonchev–Trinajstić information content (AvgIpc) is 2.95. The molecule has 0 aliphatic carbocycles. The summed E-state index contributed by atoms with van der Waals surface area (Å²) in [7, 11) is 1.81. The highest BCUT2D eigenvalue weighted by molar-refractivity contribution is 14.0. The van der Waals surface area contributed by atoms with Gasteiger partial charge in [0.2, 0.25) is 0 Å². The number of hydrogen-bond acceptors (Lipinski definition) is 3. The molecule has 0 radical (unpaired) electrons. The summed E-state index contributed by atoms with van der Waals surface area (Å²) in [6.07, 6.45) is 4.39. The van der Waals surface area contributed by atoms with Crippen LogP contribution in [0.3, 0.4) is 0 Å². The molecule has 1 atom stereocenters. The lowest BCUT2D eigenvalue weighted by atomic mass is 10.1. The van der Waals surface area contributed by atoms with Crippen molar-refractivity contribution in [1.29, 1.82) is 0 Å². The second-order valence-electron chi connectivity index (χ2n) is 6.31. The molecule has 0 amide bonds. The minimum atomic E-state index is 0. The van der Waals surface area contributed by atoms with E-state index in [0.717, 1.165) is 24.1 Å². The Kier molecular flexibility index (Phi) is 9.47.